The van der Waals surface area contributed by atoms with Crippen LogP contribution in [-0.2, 0) is 20.7 Å². The van der Waals surface area contributed by atoms with Gasteiger partial charge in [-0.25, -0.2) is 4.79 Å². The second-order valence-electron chi connectivity index (χ2n) is 4.64. The summed E-state index contributed by atoms with van der Waals surface area (Å²) in [4.78, 5) is 24.4. The van der Waals surface area contributed by atoms with Gasteiger partial charge in [-0.15, -0.1) is 11.3 Å². The van der Waals surface area contributed by atoms with Crippen molar-refractivity contribution in [3.05, 3.63) is 62.8 Å². The van der Waals surface area contributed by atoms with Gasteiger partial charge in [0.05, 0.1) is 0 Å². The molecule has 2 aromatic rings. The minimum absolute atomic E-state index is 0.274. The second-order valence-corrected chi connectivity index (χ2v) is 6.53. The third-order valence-corrected chi connectivity index (χ3v) is 4.58. The Hall–Kier alpha value is -1.92. The third kappa shape index (κ3) is 6.38. The van der Waals surface area contributed by atoms with E-state index < -0.39 is 5.97 Å². The van der Waals surface area contributed by atoms with Crippen molar-refractivity contribution in [2.45, 2.75) is 6.42 Å². The molecule has 6 heteroatoms. The van der Waals surface area contributed by atoms with Crippen molar-refractivity contribution in [3.63, 3.8) is 0 Å². The summed E-state index contributed by atoms with van der Waals surface area (Å²) >= 11 is 5.04. The second kappa shape index (κ2) is 9.27. The minimum atomic E-state index is -0.547. The predicted octanol–water partition coefficient (Wildman–Crippen LogP) is 3.43. The fourth-order valence-corrected chi connectivity index (χ4v) is 2.91. The van der Waals surface area contributed by atoms with Gasteiger partial charge in [0, 0.05) is 22.0 Å². The highest BCUT2D eigenvalue weighted by atomic mass is 79.9. The van der Waals surface area contributed by atoms with E-state index >= 15 is 0 Å². The van der Waals surface area contributed by atoms with Crippen LogP contribution in [0, 0.1) is 0 Å². The molecule has 23 heavy (non-hydrogen) atoms. The molecule has 0 radical (unpaired) electrons. The Labute approximate surface area is 147 Å². The van der Waals surface area contributed by atoms with Crippen molar-refractivity contribution < 1.29 is 14.3 Å². The summed E-state index contributed by atoms with van der Waals surface area (Å²) in [6.45, 7) is 0.257. The molecule has 0 saturated carbocycles. The molecule has 0 aliphatic heterocycles. The summed E-state index contributed by atoms with van der Waals surface area (Å²) in [6, 6.07) is 11.5. The van der Waals surface area contributed by atoms with E-state index in [9.17, 15) is 9.59 Å². The monoisotopic (exact) mass is 393 g/mol. The number of esters is 1. The lowest BCUT2D eigenvalue weighted by Crippen LogP contribution is -2.30. The molecule has 0 atom stereocenters. The van der Waals surface area contributed by atoms with Gasteiger partial charge in [-0.2, -0.15) is 0 Å². The first-order valence-electron chi connectivity index (χ1n) is 7.03. The van der Waals surface area contributed by atoms with Crippen molar-refractivity contribution in [1.82, 2.24) is 5.32 Å². The fraction of sp³-hybridized carbons (Fsp3) is 0.176. The van der Waals surface area contributed by atoms with Crippen molar-refractivity contribution in [2.75, 3.05) is 13.2 Å². The molecule has 0 fully saturated rings. The van der Waals surface area contributed by atoms with E-state index in [4.69, 9.17) is 4.74 Å². The highest BCUT2D eigenvalue weighted by Gasteiger charge is 2.05. The Balaban J connectivity index is 1.67. The summed E-state index contributed by atoms with van der Waals surface area (Å²) < 4.78 is 5.79. The number of rotatable bonds is 7. The smallest absolute Gasteiger partial charge is 0.331 e. The topological polar surface area (TPSA) is 55.4 Å². The Morgan fingerprint density at radius 2 is 2.04 bits per heavy atom. The zero-order valence-corrected chi connectivity index (χ0v) is 14.7. The van der Waals surface area contributed by atoms with Gasteiger partial charge in [-0.3, -0.25) is 4.79 Å². The van der Waals surface area contributed by atoms with Crippen molar-refractivity contribution in [1.29, 1.82) is 0 Å². The van der Waals surface area contributed by atoms with Crippen LogP contribution < -0.4 is 5.32 Å². The Kier molecular flexibility index (Phi) is 7.03. The van der Waals surface area contributed by atoms with Crippen LogP contribution in [0.3, 0.4) is 0 Å². The molecule has 120 valence electrons. The average Bonchev–Trinajstić information content (AvgIpc) is 3.05. The van der Waals surface area contributed by atoms with Crippen LogP contribution >= 0.6 is 27.3 Å². The Morgan fingerprint density at radius 3 is 2.78 bits per heavy atom. The van der Waals surface area contributed by atoms with Gasteiger partial charge >= 0.3 is 5.97 Å². The molecule has 0 unspecified atom stereocenters. The molecular weight excluding hydrogens is 378 g/mol. The molecule has 1 amide bonds. The van der Waals surface area contributed by atoms with Crippen molar-refractivity contribution >= 4 is 45.2 Å². The molecule has 1 heterocycles. The number of nitrogens with one attached hydrogen (secondary N) is 1. The van der Waals surface area contributed by atoms with Gasteiger partial charge in [0.25, 0.3) is 5.91 Å². The summed E-state index contributed by atoms with van der Waals surface area (Å²) in [5.74, 6) is -0.849. The first-order valence-corrected chi connectivity index (χ1v) is 8.71. The van der Waals surface area contributed by atoms with Crippen molar-refractivity contribution in [2.24, 2.45) is 0 Å². The number of ether oxygens (including phenoxy) is 1. The van der Waals surface area contributed by atoms with Crippen LogP contribution in [-0.4, -0.2) is 25.0 Å². The van der Waals surface area contributed by atoms with Crippen LogP contribution in [0.15, 0.2) is 52.3 Å². The van der Waals surface area contributed by atoms with E-state index in [-0.39, 0.29) is 12.5 Å². The van der Waals surface area contributed by atoms with Gasteiger partial charge in [0.1, 0.15) is 0 Å². The SMILES string of the molecule is O=C(COC(=O)/C=C/c1ccccc1Br)NCCc1cccs1. The molecule has 0 aliphatic carbocycles. The molecule has 2 rings (SSSR count). The van der Waals surface area contributed by atoms with E-state index in [0.717, 1.165) is 16.5 Å². The zero-order chi connectivity index (χ0) is 16.5. The van der Waals surface area contributed by atoms with E-state index in [0.29, 0.717) is 6.54 Å². The maximum absolute atomic E-state index is 11.6. The minimum Gasteiger partial charge on any atom is -0.452 e. The van der Waals surface area contributed by atoms with Gasteiger partial charge < -0.3 is 10.1 Å². The Bertz CT molecular complexity index is 683. The molecular formula is C17H16BrNO3S. The van der Waals surface area contributed by atoms with E-state index in [1.807, 2.05) is 41.8 Å². The fourth-order valence-electron chi connectivity index (χ4n) is 1.78. The molecule has 4 nitrogen and oxygen atoms in total. The van der Waals surface area contributed by atoms with Gasteiger partial charge in [-0.1, -0.05) is 40.2 Å². The van der Waals surface area contributed by atoms with Crippen LogP contribution in [0.4, 0.5) is 0 Å². The predicted molar refractivity (Wildman–Crippen MR) is 95.2 cm³/mol. The van der Waals surface area contributed by atoms with Gasteiger partial charge in [0.15, 0.2) is 6.61 Å². The largest absolute Gasteiger partial charge is 0.452 e. The maximum Gasteiger partial charge on any atom is 0.331 e. The van der Waals surface area contributed by atoms with E-state index in [1.54, 1.807) is 17.4 Å². The van der Waals surface area contributed by atoms with Crippen LogP contribution in [0.25, 0.3) is 6.08 Å². The molecule has 1 aromatic carbocycles. The number of carbonyl (C=O) groups is 2. The number of hydrogen-bond donors (Lipinski definition) is 1. The average molecular weight is 394 g/mol. The normalized spacial score (nSPS) is 10.7. The lowest BCUT2D eigenvalue weighted by molar-refractivity contribution is -0.143. The highest BCUT2D eigenvalue weighted by Crippen LogP contribution is 2.17. The van der Waals surface area contributed by atoms with Crippen molar-refractivity contribution in [3.8, 4) is 0 Å². The zero-order valence-electron chi connectivity index (χ0n) is 12.3. The molecule has 0 bridgehead atoms. The molecule has 0 aliphatic rings. The van der Waals surface area contributed by atoms with Crippen LogP contribution in [0.1, 0.15) is 10.4 Å². The number of halogens is 1. The lowest BCUT2D eigenvalue weighted by atomic mass is 10.2. The number of thiophene rings is 1. The third-order valence-electron chi connectivity index (χ3n) is 2.92. The van der Waals surface area contributed by atoms with E-state index in [1.165, 1.54) is 11.0 Å². The lowest BCUT2D eigenvalue weighted by Gasteiger charge is -2.04. The maximum atomic E-state index is 11.6. The highest BCUT2D eigenvalue weighted by molar-refractivity contribution is 9.10. The number of carbonyl (C=O) groups excluding carboxylic acids is 2. The molecule has 0 spiro atoms. The van der Waals surface area contributed by atoms with Gasteiger partial charge in [0.2, 0.25) is 0 Å². The first kappa shape index (κ1) is 17.4. The van der Waals surface area contributed by atoms with E-state index in [2.05, 4.69) is 21.2 Å². The quantitative estimate of drug-likeness (QED) is 0.578. The first-order chi connectivity index (χ1) is 11.1. The van der Waals surface area contributed by atoms with Crippen LogP contribution in [0.5, 0.6) is 0 Å². The summed E-state index contributed by atoms with van der Waals surface area (Å²) in [6.07, 6.45) is 3.72. The molecule has 1 aromatic heterocycles. The number of benzene rings is 1. The van der Waals surface area contributed by atoms with Crippen LogP contribution in [0.2, 0.25) is 0 Å². The standard InChI is InChI=1S/C17H16BrNO3S/c18-15-6-2-1-4-13(15)7-8-17(21)22-12-16(20)19-10-9-14-5-3-11-23-14/h1-8,11H,9-10,12H2,(H,19,20)/b8-7+. The summed E-state index contributed by atoms with van der Waals surface area (Å²) in [5, 5.41) is 4.71. The molecule has 1 N–H and O–H groups in total. The molecule has 0 saturated heterocycles. The Morgan fingerprint density at radius 1 is 1.22 bits per heavy atom. The summed E-state index contributed by atoms with van der Waals surface area (Å²) in [7, 11) is 0. The van der Waals surface area contributed by atoms with Gasteiger partial charge in [-0.05, 0) is 35.6 Å². The number of amides is 1. The summed E-state index contributed by atoms with van der Waals surface area (Å²) in [5.41, 5.74) is 0.866. The number of hydrogen-bond acceptors (Lipinski definition) is 4.